The van der Waals surface area contributed by atoms with E-state index in [0.29, 0.717) is 12.5 Å². The minimum absolute atomic E-state index is 0.429. The highest BCUT2D eigenvalue weighted by Gasteiger charge is 2.04. The van der Waals surface area contributed by atoms with E-state index in [-0.39, 0.29) is 0 Å². The quantitative estimate of drug-likeness (QED) is 0.781. The number of hydrogen-bond acceptors (Lipinski definition) is 3. The molecule has 0 fully saturated rings. The normalized spacial score (nSPS) is 10.6. The molecule has 0 spiro atoms. The Morgan fingerprint density at radius 3 is 2.81 bits per heavy atom. The molecule has 0 aliphatic rings. The molecule has 2 rings (SSSR count). The summed E-state index contributed by atoms with van der Waals surface area (Å²) >= 11 is 6.13. The van der Waals surface area contributed by atoms with Crippen molar-refractivity contribution in [2.75, 3.05) is 6.54 Å². The van der Waals surface area contributed by atoms with Gasteiger partial charge in [-0.2, -0.15) is 0 Å². The van der Waals surface area contributed by atoms with Gasteiger partial charge in [0.2, 0.25) is 5.88 Å². The number of hydrogen-bond donors (Lipinski definition) is 1. The minimum atomic E-state index is 0.429. The van der Waals surface area contributed by atoms with E-state index < -0.39 is 0 Å². The summed E-state index contributed by atoms with van der Waals surface area (Å²) in [7, 11) is 0. The van der Waals surface area contributed by atoms with Crippen LogP contribution in [0.25, 0.3) is 0 Å². The fourth-order valence-corrected chi connectivity index (χ4v) is 2.25. The van der Waals surface area contributed by atoms with Gasteiger partial charge in [0.15, 0.2) is 0 Å². The molecule has 0 amide bonds. The van der Waals surface area contributed by atoms with Crippen molar-refractivity contribution in [3.63, 3.8) is 0 Å². The smallest absolute Gasteiger partial charge is 0.214 e. The molecule has 0 aliphatic carbocycles. The molecular weight excluding hydrogens is 284 g/mol. The van der Waals surface area contributed by atoms with Gasteiger partial charge in [0, 0.05) is 28.9 Å². The molecule has 1 aromatic carbocycles. The predicted octanol–water partition coefficient (Wildman–Crippen LogP) is 4.12. The number of halogens is 1. The molecule has 0 aliphatic heterocycles. The van der Waals surface area contributed by atoms with Gasteiger partial charge in [-0.15, -0.1) is 0 Å². The number of rotatable bonds is 7. The highest BCUT2D eigenvalue weighted by molar-refractivity contribution is 6.31. The second-order valence-corrected chi connectivity index (χ2v) is 5.42. The van der Waals surface area contributed by atoms with Crippen molar-refractivity contribution in [3.8, 4) is 5.88 Å². The zero-order valence-electron chi connectivity index (χ0n) is 12.5. The summed E-state index contributed by atoms with van der Waals surface area (Å²) in [6, 6.07) is 11.7. The van der Waals surface area contributed by atoms with E-state index in [0.717, 1.165) is 35.8 Å². The van der Waals surface area contributed by atoms with Gasteiger partial charge in [0.05, 0.1) is 0 Å². The van der Waals surface area contributed by atoms with E-state index in [4.69, 9.17) is 16.3 Å². The van der Waals surface area contributed by atoms with Crippen LogP contribution in [0, 0.1) is 6.92 Å². The first-order chi connectivity index (χ1) is 10.2. The van der Waals surface area contributed by atoms with Gasteiger partial charge in [-0.05, 0) is 37.6 Å². The Labute approximate surface area is 131 Å². The van der Waals surface area contributed by atoms with Crippen LogP contribution >= 0.6 is 11.6 Å². The lowest BCUT2D eigenvalue weighted by Crippen LogP contribution is -2.14. The lowest BCUT2D eigenvalue weighted by molar-refractivity contribution is 0.293. The SMILES string of the molecule is CCCNCc1cc(C)nc(OCc2ccccc2Cl)c1. The monoisotopic (exact) mass is 304 g/mol. The van der Waals surface area contributed by atoms with Crippen LogP contribution in [0.2, 0.25) is 5.02 Å². The van der Waals surface area contributed by atoms with E-state index in [1.165, 1.54) is 5.56 Å². The van der Waals surface area contributed by atoms with E-state index in [2.05, 4.69) is 23.3 Å². The third kappa shape index (κ3) is 5.03. The second-order valence-electron chi connectivity index (χ2n) is 5.01. The van der Waals surface area contributed by atoms with Crippen LogP contribution in [0.15, 0.2) is 36.4 Å². The van der Waals surface area contributed by atoms with Crippen LogP contribution in [-0.2, 0) is 13.2 Å². The van der Waals surface area contributed by atoms with Gasteiger partial charge in [0.1, 0.15) is 6.61 Å². The first-order valence-corrected chi connectivity index (χ1v) is 7.61. The average Bonchev–Trinajstić information content (AvgIpc) is 2.46. The highest BCUT2D eigenvalue weighted by atomic mass is 35.5. The Morgan fingerprint density at radius 2 is 2.05 bits per heavy atom. The maximum atomic E-state index is 6.13. The molecule has 2 aromatic rings. The van der Waals surface area contributed by atoms with Gasteiger partial charge in [-0.3, -0.25) is 0 Å². The first-order valence-electron chi connectivity index (χ1n) is 7.23. The number of pyridine rings is 1. The molecule has 1 N–H and O–H groups in total. The molecule has 0 bridgehead atoms. The lowest BCUT2D eigenvalue weighted by Gasteiger charge is -2.10. The molecule has 0 radical (unpaired) electrons. The van der Waals surface area contributed by atoms with E-state index in [1.54, 1.807) is 0 Å². The van der Waals surface area contributed by atoms with Crippen molar-refractivity contribution in [2.24, 2.45) is 0 Å². The number of nitrogens with one attached hydrogen (secondary N) is 1. The van der Waals surface area contributed by atoms with Gasteiger partial charge in [-0.1, -0.05) is 36.7 Å². The standard InChI is InChI=1S/C17H21ClN2O/c1-3-8-19-11-14-9-13(2)20-17(10-14)21-12-15-6-4-5-7-16(15)18/h4-7,9-10,19H,3,8,11-12H2,1-2H3. The van der Waals surface area contributed by atoms with Crippen LogP contribution in [0.1, 0.15) is 30.2 Å². The van der Waals surface area contributed by atoms with E-state index in [1.807, 2.05) is 37.3 Å². The fourth-order valence-electron chi connectivity index (χ4n) is 2.06. The second kappa shape index (κ2) is 8.01. The van der Waals surface area contributed by atoms with Crippen molar-refractivity contribution in [3.05, 3.63) is 58.2 Å². The summed E-state index contributed by atoms with van der Waals surface area (Å²) in [5.41, 5.74) is 3.11. The minimum Gasteiger partial charge on any atom is -0.473 e. The van der Waals surface area contributed by atoms with Crippen LogP contribution in [-0.4, -0.2) is 11.5 Å². The summed E-state index contributed by atoms with van der Waals surface area (Å²) < 4.78 is 5.78. The zero-order valence-corrected chi connectivity index (χ0v) is 13.3. The average molecular weight is 305 g/mol. The summed E-state index contributed by atoms with van der Waals surface area (Å²) in [4.78, 5) is 4.41. The number of nitrogens with zero attached hydrogens (tertiary/aromatic N) is 1. The van der Waals surface area contributed by atoms with Crippen LogP contribution in [0.4, 0.5) is 0 Å². The molecule has 1 aromatic heterocycles. The molecule has 4 heteroatoms. The molecule has 0 saturated heterocycles. The number of aryl methyl sites for hydroxylation is 1. The predicted molar refractivity (Wildman–Crippen MR) is 86.8 cm³/mol. The number of aromatic nitrogens is 1. The molecule has 1 heterocycles. The molecule has 0 unspecified atom stereocenters. The Balaban J connectivity index is 2.01. The summed E-state index contributed by atoms with van der Waals surface area (Å²) in [6.07, 6.45) is 1.12. The summed E-state index contributed by atoms with van der Waals surface area (Å²) in [5, 5.41) is 4.10. The Morgan fingerprint density at radius 1 is 1.24 bits per heavy atom. The third-order valence-electron chi connectivity index (χ3n) is 3.08. The maximum Gasteiger partial charge on any atom is 0.214 e. The van der Waals surface area contributed by atoms with Crippen LogP contribution in [0.5, 0.6) is 5.88 Å². The third-order valence-corrected chi connectivity index (χ3v) is 3.45. The molecule has 21 heavy (non-hydrogen) atoms. The number of ether oxygens (including phenoxy) is 1. The Hall–Kier alpha value is -1.58. The van der Waals surface area contributed by atoms with Crippen LogP contribution in [0.3, 0.4) is 0 Å². The van der Waals surface area contributed by atoms with Crippen molar-refractivity contribution in [2.45, 2.75) is 33.4 Å². The van der Waals surface area contributed by atoms with E-state index >= 15 is 0 Å². The van der Waals surface area contributed by atoms with Crippen molar-refractivity contribution in [1.82, 2.24) is 10.3 Å². The van der Waals surface area contributed by atoms with Crippen molar-refractivity contribution in [1.29, 1.82) is 0 Å². The zero-order chi connectivity index (χ0) is 15.1. The fraction of sp³-hybridized carbons (Fsp3) is 0.353. The van der Waals surface area contributed by atoms with Gasteiger partial charge < -0.3 is 10.1 Å². The summed E-state index contributed by atoms with van der Waals surface area (Å²) in [5.74, 6) is 0.642. The molecule has 112 valence electrons. The maximum absolute atomic E-state index is 6.13. The van der Waals surface area contributed by atoms with E-state index in [9.17, 15) is 0 Å². The Kier molecular flexibility index (Phi) is 6.03. The number of benzene rings is 1. The first kappa shape index (κ1) is 15.8. The lowest BCUT2D eigenvalue weighted by atomic mass is 10.2. The highest BCUT2D eigenvalue weighted by Crippen LogP contribution is 2.18. The molecule has 0 saturated carbocycles. The van der Waals surface area contributed by atoms with Crippen LogP contribution < -0.4 is 10.1 Å². The molecule has 0 atom stereocenters. The van der Waals surface area contributed by atoms with Gasteiger partial charge in [-0.25, -0.2) is 4.98 Å². The topological polar surface area (TPSA) is 34.2 Å². The van der Waals surface area contributed by atoms with Gasteiger partial charge in [0.25, 0.3) is 0 Å². The molecule has 3 nitrogen and oxygen atoms in total. The van der Waals surface area contributed by atoms with Gasteiger partial charge >= 0.3 is 0 Å². The summed E-state index contributed by atoms with van der Waals surface area (Å²) in [6.45, 7) is 6.41. The Bertz CT molecular complexity index is 587. The van der Waals surface area contributed by atoms with Crippen molar-refractivity contribution >= 4 is 11.6 Å². The van der Waals surface area contributed by atoms with Crippen molar-refractivity contribution < 1.29 is 4.74 Å². The molecular formula is C17H21ClN2O. The largest absolute Gasteiger partial charge is 0.473 e.